The van der Waals surface area contributed by atoms with Crippen molar-refractivity contribution in [3.63, 3.8) is 0 Å². The van der Waals surface area contributed by atoms with Crippen LogP contribution in [0.3, 0.4) is 0 Å². The molecule has 1 aliphatic carbocycles. The highest BCUT2D eigenvalue weighted by Crippen LogP contribution is 2.41. The number of rotatable bonds is 5. The number of thiophene rings is 1. The van der Waals surface area contributed by atoms with E-state index in [2.05, 4.69) is 22.3 Å². The molecule has 4 aromatic rings. The maximum atomic E-state index is 9.14. The van der Waals surface area contributed by atoms with E-state index in [0.29, 0.717) is 18.3 Å². The first kappa shape index (κ1) is 18.2. The van der Waals surface area contributed by atoms with Gasteiger partial charge in [0.2, 0.25) is 0 Å². The van der Waals surface area contributed by atoms with Crippen LogP contribution in [0.1, 0.15) is 23.8 Å². The Balaban J connectivity index is 1.64. The van der Waals surface area contributed by atoms with E-state index >= 15 is 0 Å². The second kappa shape index (κ2) is 7.53. The van der Waals surface area contributed by atoms with Crippen LogP contribution in [-0.4, -0.2) is 36.4 Å². The molecule has 4 aromatic heterocycles. The highest BCUT2D eigenvalue weighted by Gasteiger charge is 2.24. The Morgan fingerprint density at radius 1 is 1.31 bits per heavy atom. The lowest BCUT2D eigenvalue weighted by Crippen LogP contribution is -2.09. The Kier molecular flexibility index (Phi) is 4.73. The van der Waals surface area contributed by atoms with Crippen molar-refractivity contribution in [1.82, 2.24) is 24.7 Å². The van der Waals surface area contributed by atoms with Crippen LogP contribution in [0.25, 0.3) is 21.6 Å². The number of hydrogen-bond acceptors (Lipinski definition) is 7. The summed E-state index contributed by atoms with van der Waals surface area (Å²) < 4.78 is 1.72. The Bertz CT molecular complexity index is 1150. The van der Waals surface area contributed by atoms with Crippen LogP contribution in [0, 0.1) is 5.92 Å². The molecule has 1 unspecified atom stereocenters. The highest BCUT2D eigenvalue weighted by molar-refractivity contribution is 7.19. The van der Waals surface area contributed by atoms with E-state index < -0.39 is 0 Å². The molecule has 0 aliphatic heterocycles. The molecule has 2 N–H and O–H groups in total. The normalized spacial score (nSPS) is 16.1. The van der Waals surface area contributed by atoms with Crippen molar-refractivity contribution in [2.75, 3.05) is 11.9 Å². The predicted octanol–water partition coefficient (Wildman–Crippen LogP) is 3.81. The molecule has 8 heteroatoms. The van der Waals surface area contributed by atoms with E-state index in [0.717, 1.165) is 40.1 Å². The third-order valence-corrected chi connectivity index (χ3v) is 6.45. The fraction of sp³-hybridized carbons (Fsp3) is 0.333. The number of aryl methyl sites for hydroxylation is 1. The van der Waals surface area contributed by atoms with E-state index in [1.54, 1.807) is 34.6 Å². The molecule has 0 radical (unpaired) electrons. The molecule has 29 heavy (non-hydrogen) atoms. The van der Waals surface area contributed by atoms with Crippen LogP contribution in [0.15, 0.2) is 36.9 Å². The number of fused-ring (bicyclic) bond motifs is 3. The highest BCUT2D eigenvalue weighted by atomic mass is 32.1. The molecule has 4 heterocycles. The summed E-state index contributed by atoms with van der Waals surface area (Å²) in [5.74, 6) is 2.18. The quantitative estimate of drug-likeness (QED) is 0.524. The lowest BCUT2D eigenvalue weighted by Gasteiger charge is -2.18. The summed E-state index contributed by atoms with van der Waals surface area (Å²) in [5.41, 5.74) is 3.12. The van der Waals surface area contributed by atoms with Crippen LogP contribution in [-0.2, 0) is 19.4 Å². The standard InChI is InChI=1S/C21H22N6OS/c1-13-4-5-16-17(9-13)29-21-18(16)20(24-15-11-23-27(12-15)7-8-28)25-19(26-21)14-3-2-6-22-10-14/h2-3,6,10-13,28H,4-5,7-9H2,1H3,(H,24,25,26). The third kappa shape index (κ3) is 3.49. The number of aromatic nitrogens is 5. The van der Waals surface area contributed by atoms with E-state index in [-0.39, 0.29) is 6.61 Å². The molecule has 0 fully saturated rings. The van der Waals surface area contributed by atoms with E-state index in [9.17, 15) is 0 Å². The van der Waals surface area contributed by atoms with Crippen LogP contribution < -0.4 is 5.32 Å². The van der Waals surface area contributed by atoms with Crippen LogP contribution in [0.5, 0.6) is 0 Å². The fourth-order valence-electron chi connectivity index (χ4n) is 3.85. The minimum Gasteiger partial charge on any atom is -0.394 e. The van der Waals surface area contributed by atoms with Gasteiger partial charge in [-0.1, -0.05) is 6.92 Å². The van der Waals surface area contributed by atoms with Gasteiger partial charge < -0.3 is 10.4 Å². The number of hydrogen-bond donors (Lipinski definition) is 2. The second-order valence-electron chi connectivity index (χ2n) is 7.51. The van der Waals surface area contributed by atoms with Crippen LogP contribution in [0.4, 0.5) is 11.5 Å². The molecule has 0 saturated heterocycles. The van der Waals surface area contributed by atoms with Crippen molar-refractivity contribution in [2.45, 2.75) is 32.7 Å². The number of nitrogens with zero attached hydrogens (tertiary/aromatic N) is 5. The SMILES string of the molecule is CC1CCc2c(sc3nc(-c4cccnc4)nc(Nc4cnn(CCO)c4)c23)C1. The van der Waals surface area contributed by atoms with Gasteiger partial charge in [-0.15, -0.1) is 11.3 Å². The van der Waals surface area contributed by atoms with Gasteiger partial charge in [0.15, 0.2) is 5.82 Å². The van der Waals surface area contributed by atoms with E-state index in [1.165, 1.54) is 16.9 Å². The molecule has 1 atom stereocenters. The largest absolute Gasteiger partial charge is 0.394 e. The van der Waals surface area contributed by atoms with Crippen LogP contribution in [0.2, 0.25) is 0 Å². The Hall–Kier alpha value is -2.84. The molecule has 7 nitrogen and oxygen atoms in total. The molecule has 0 amide bonds. The van der Waals surface area contributed by atoms with Gasteiger partial charge in [-0.25, -0.2) is 9.97 Å². The molecule has 5 rings (SSSR count). The second-order valence-corrected chi connectivity index (χ2v) is 8.59. The molecule has 0 aromatic carbocycles. The van der Waals surface area contributed by atoms with Gasteiger partial charge in [-0.3, -0.25) is 9.67 Å². The maximum absolute atomic E-state index is 9.14. The zero-order valence-electron chi connectivity index (χ0n) is 16.2. The van der Waals surface area contributed by atoms with Gasteiger partial charge in [-0.2, -0.15) is 5.10 Å². The topological polar surface area (TPSA) is 88.8 Å². The minimum absolute atomic E-state index is 0.0558. The van der Waals surface area contributed by atoms with Crippen molar-refractivity contribution in [2.24, 2.45) is 5.92 Å². The first-order chi connectivity index (χ1) is 14.2. The minimum atomic E-state index is 0.0558. The van der Waals surface area contributed by atoms with Gasteiger partial charge >= 0.3 is 0 Å². The van der Waals surface area contributed by atoms with Crippen molar-refractivity contribution in [1.29, 1.82) is 0 Å². The van der Waals surface area contributed by atoms with Gasteiger partial charge in [0.1, 0.15) is 10.6 Å². The number of anilines is 2. The lowest BCUT2D eigenvalue weighted by molar-refractivity contribution is 0.269. The molecule has 148 valence electrons. The molecule has 0 saturated carbocycles. The number of aliphatic hydroxyl groups is 1. The monoisotopic (exact) mass is 406 g/mol. The van der Waals surface area contributed by atoms with Crippen molar-refractivity contribution < 1.29 is 5.11 Å². The van der Waals surface area contributed by atoms with Crippen molar-refractivity contribution in [3.8, 4) is 11.4 Å². The maximum Gasteiger partial charge on any atom is 0.164 e. The summed E-state index contributed by atoms with van der Waals surface area (Å²) >= 11 is 1.78. The zero-order chi connectivity index (χ0) is 19.8. The molecule has 0 spiro atoms. The first-order valence-corrected chi connectivity index (χ1v) is 10.7. The van der Waals surface area contributed by atoms with E-state index in [4.69, 9.17) is 15.1 Å². The lowest BCUT2D eigenvalue weighted by atomic mass is 9.89. The first-order valence-electron chi connectivity index (χ1n) is 9.84. The number of pyridine rings is 1. The smallest absolute Gasteiger partial charge is 0.164 e. The van der Waals surface area contributed by atoms with Crippen molar-refractivity contribution >= 4 is 33.1 Å². The summed E-state index contributed by atoms with van der Waals surface area (Å²) in [7, 11) is 0. The summed E-state index contributed by atoms with van der Waals surface area (Å²) in [6.45, 7) is 2.84. The Morgan fingerprint density at radius 3 is 3.07 bits per heavy atom. The van der Waals surface area contributed by atoms with E-state index in [1.807, 2.05) is 18.3 Å². The van der Waals surface area contributed by atoms with Crippen LogP contribution >= 0.6 is 11.3 Å². The number of aliphatic hydroxyl groups excluding tert-OH is 1. The fourth-order valence-corrected chi connectivity index (χ4v) is 5.23. The summed E-state index contributed by atoms with van der Waals surface area (Å²) in [4.78, 5) is 16.4. The van der Waals surface area contributed by atoms with Crippen molar-refractivity contribution in [3.05, 3.63) is 47.4 Å². The average Bonchev–Trinajstić information content (AvgIpc) is 3.32. The number of nitrogens with one attached hydrogen (secondary N) is 1. The van der Waals surface area contributed by atoms with Gasteiger partial charge in [0, 0.05) is 29.0 Å². The Labute approximate surface area is 172 Å². The third-order valence-electron chi connectivity index (χ3n) is 5.30. The van der Waals surface area contributed by atoms with Gasteiger partial charge in [-0.05, 0) is 42.9 Å². The zero-order valence-corrected chi connectivity index (χ0v) is 17.0. The molecule has 0 bridgehead atoms. The van der Waals surface area contributed by atoms with Gasteiger partial charge in [0.05, 0.1) is 30.4 Å². The molecule has 1 aliphatic rings. The molecular formula is C21H22N6OS. The molecular weight excluding hydrogens is 384 g/mol. The predicted molar refractivity (Wildman–Crippen MR) is 114 cm³/mol. The Morgan fingerprint density at radius 2 is 2.24 bits per heavy atom. The summed E-state index contributed by atoms with van der Waals surface area (Å²) in [5, 5.41) is 18.0. The summed E-state index contributed by atoms with van der Waals surface area (Å²) in [6.07, 6.45) is 10.5. The average molecular weight is 407 g/mol. The van der Waals surface area contributed by atoms with Gasteiger partial charge in [0.25, 0.3) is 0 Å². The summed E-state index contributed by atoms with van der Waals surface area (Å²) in [6, 6.07) is 3.88.